The van der Waals surface area contributed by atoms with Crippen molar-refractivity contribution in [2.45, 2.75) is 18.9 Å². The first kappa shape index (κ1) is 23.1. The zero-order chi connectivity index (χ0) is 24.2. The lowest BCUT2D eigenvalue weighted by molar-refractivity contribution is -0.384. The summed E-state index contributed by atoms with van der Waals surface area (Å²) in [6, 6.07) is 20.0. The molecule has 0 aliphatic carbocycles. The summed E-state index contributed by atoms with van der Waals surface area (Å²) in [6.45, 7) is 0.156. The van der Waals surface area contributed by atoms with Crippen LogP contribution in [0.5, 0.6) is 0 Å². The molecule has 1 unspecified atom stereocenters. The minimum Gasteiger partial charge on any atom is -0.326 e. The third-order valence-electron chi connectivity index (χ3n) is 5.63. The highest BCUT2D eigenvalue weighted by Gasteiger charge is 2.44. The molecular formula is C25H20ClN3O5. The Morgan fingerprint density at radius 1 is 1.03 bits per heavy atom. The topological polar surface area (TPSA) is 101 Å². The van der Waals surface area contributed by atoms with Crippen LogP contribution < -0.4 is 4.90 Å². The molecule has 1 atom stereocenters. The maximum Gasteiger partial charge on any atom is 0.270 e. The third kappa shape index (κ3) is 4.82. The third-order valence-corrected chi connectivity index (χ3v) is 5.88. The smallest absolute Gasteiger partial charge is 0.270 e. The Kier molecular flexibility index (Phi) is 6.70. The molecule has 3 aromatic rings. The SMILES string of the molecule is O=C1CC(N(CCc2ccccc2)C(=O)c2cccc([N+](=O)[O-])c2)C(=O)N1c1ccc(Cl)cc1. The van der Waals surface area contributed by atoms with Gasteiger partial charge in [0.25, 0.3) is 17.5 Å². The van der Waals surface area contributed by atoms with Crippen molar-refractivity contribution in [3.63, 3.8) is 0 Å². The van der Waals surface area contributed by atoms with Crippen molar-refractivity contribution in [1.29, 1.82) is 0 Å². The van der Waals surface area contributed by atoms with Gasteiger partial charge in [-0.1, -0.05) is 48.0 Å². The highest BCUT2D eigenvalue weighted by atomic mass is 35.5. The summed E-state index contributed by atoms with van der Waals surface area (Å²) in [5, 5.41) is 11.7. The van der Waals surface area contributed by atoms with E-state index in [9.17, 15) is 24.5 Å². The first-order chi connectivity index (χ1) is 16.3. The molecule has 9 heteroatoms. The molecular weight excluding hydrogens is 458 g/mol. The number of carbonyl (C=O) groups excluding carboxylic acids is 3. The van der Waals surface area contributed by atoms with Crippen LogP contribution in [0.2, 0.25) is 5.02 Å². The zero-order valence-corrected chi connectivity index (χ0v) is 18.7. The fourth-order valence-corrected chi connectivity index (χ4v) is 4.06. The molecule has 8 nitrogen and oxygen atoms in total. The van der Waals surface area contributed by atoms with Crippen molar-refractivity contribution in [3.05, 3.63) is 105 Å². The molecule has 172 valence electrons. The van der Waals surface area contributed by atoms with Crippen molar-refractivity contribution in [2.24, 2.45) is 0 Å². The summed E-state index contributed by atoms with van der Waals surface area (Å²) in [7, 11) is 0. The number of nitrogens with zero attached hydrogens (tertiary/aromatic N) is 3. The molecule has 34 heavy (non-hydrogen) atoms. The van der Waals surface area contributed by atoms with Gasteiger partial charge in [-0.25, -0.2) is 4.90 Å². The van der Waals surface area contributed by atoms with Crippen LogP contribution in [0.4, 0.5) is 11.4 Å². The van der Waals surface area contributed by atoms with Gasteiger partial charge >= 0.3 is 0 Å². The minimum absolute atomic E-state index is 0.0763. The Morgan fingerprint density at radius 2 is 1.74 bits per heavy atom. The molecule has 0 spiro atoms. The summed E-state index contributed by atoms with van der Waals surface area (Å²) in [5.41, 5.74) is 1.16. The number of anilines is 1. The Bertz CT molecular complexity index is 1250. The molecule has 1 aliphatic rings. The quantitative estimate of drug-likeness (QED) is 0.287. The molecule has 0 bridgehead atoms. The average Bonchev–Trinajstić information content (AvgIpc) is 3.14. The Morgan fingerprint density at radius 3 is 2.41 bits per heavy atom. The van der Waals surface area contributed by atoms with Crippen LogP contribution in [-0.2, 0) is 16.0 Å². The van der Waals surface area contributed by atoms with Gasteiger partial charge in [0.15, 0.2) is 0 Å². The second kappa shape index (κ2) is 9.84. The van der Waals surface area contributed by atoms with Crippen molar-refractivity contribution in [3.8, 4) is 0 Å². The Balaban J connectivity index is 1.66. The first-order valence-corrected chi connectivity index (χ1v) is 10.9. The number of nitro groups is 1. The number of hydrogen-bond donors (Lipinski definition) is 0. The maximum atomic E-state index is 13.5. The maximum absolute atomic E-state index is 13.5. The Hall–Kier alpha value is -4.04. The number of nitro benzene ring substituents is 1. The lowest BCUT2D eigenvalue weighted by Crippen LogP contribution is -2.46. The van der Waals surface area contributed by atoms with Crippen molar-refractivity contribution >= 4 is 40.7 Å². The van der Waals surface area contributed by atoms with Gasteiger partial charge in [0.05, 0.1) is 17.0 Å². The number of benzene rings is 3. The fraction of sp³-hybridized carbons (Fsp3) is 0.160. The van der Waals surface area contributed by atoms with Crippen LogP contribution in [0, 0.1) is 10.1 Å². The predicted octanol–water partition coefficient (Wildman–Crippen LogP) is 4.27. The number of hydrogen-bond acceptors (Lipinski definition) is 5. The van der Waals surface area contributed by atoms with Crippen LogP contribution in [0.15, 0.2) is 78.9 Å². The molecule has 1 fully saturated rings. The molecule has 0 radical (unpaired) electrons. The van der Waals surface area contributed by atoms with E-state index >= 15 is 0 Å². The molecule has 0 N–H and O–H groups in total. The predicted molar refractivity (Wildman–Crippen MR) is 127 cm³/mol. The summed E-state index contributed by atoms with van der Waals surface area (Å²) < 4.78 is 0. The Labute approximate surface area is 200 Å². The van der Waals surface area contributed by atoms with E-state index in [2.05, 4.69) is 0 Å². The van der Waals surface area contributed by atoms with Crippen LogP contribution >= 0.6 is 11.6 Å². The van der Waals surface area contributed by atoms with Gasteiger partial charge in [0.2, 0.25) is 5.91 Å². The number of carbonyl (C=O) groups is 3. The zero-order valence-electron chi connectivity index (χ0n) is 18.0. The minimum atomic E-state index is -1.03. The van der Waals surface area contributed by atoms with Crippen LogP contribution in [0.25, 0.3) is 0 Å². The van der Waals surface area contributed by atoms with Crippen molar-refractivity contribution < 1.29 is 19.3 Å². The van der Waals surface area contributed by atoms with Gasteiger partial charge in [-0.05, 0) is 42.3 Å². The fourth-order valence-electron chi connectivity index (χ4n) is 3.93. The lowest BCUT2D eigenvalue weighted by atomic mass is 10.1. The summed E-state index contributed by atoms with van der Waals surface area (Å²) in [6.07, 6.45) is 0.261. The molecule has 3 aromatic carbocycles. The molecule has 1 aliphatic heterocycles. The number of halogens is 1. The van der Waals surface area contributed by atoms with E-state index in [4.69, 9.17) is 11.6 Å². The van der Waals surface area contributed by atoms with Gasteiger partial charge in [0.1, 0.15) is 6.04 Å². The average molecular weight is 478 g/mol. The number of imide groups is 1. The van der Waals surface area contributed by atoms with Crippen LogP contribution in [0.1, 0.15) is 22.3 Å². The van der Waals surface area contributed by atoms with Gasteiger partial charge in [-0.15, -0.1) is 0 Å². The van der Waals surface area contributed by atoms with Gasteiger partial charge in [-0.2, -0.15) is 0 Å². The second-order valence-corrected chi connectivity index (χ2v) is 8.24. The molecule has 1 heterocycles. The summed E-state index contributed by atoms with van der Waals surface area (Å²) in [4.78, 5) is 52.6. The normalized spacial score (nSPS) is 15.4. The van der Waals surface area contributed by atoms with E-state index in [1.807, 2.05) is 30.3 Å². The van der Waals surface area contributed by atoms with Crippen molar-refractivity contribution in [1.82, 2.24) is 4.90 Å². The van der Waals surface area contributed by atoms with E-state index in [0.29, 0.717) is 17.1 Å². The summed E-state index contributed by atoms with van der Waals surface area (Å²) >= 11 is 5.92. The number of rotatable bonds is 7. The van der Waals surface area contributed by atoms with E-state index in [-0.39, 0.29) is 24.2 Å². The largest absolute Gasteiger partial charge is 0.326 e. The molecule has 0 aromatic heterocycles. The van der Waals surface area contributed by atoms with E-state index in [0.717, 1.165) is 10.5 Å². The van der Waals surface area contributed by atoms with E-state index in [1.54, 1.807) is 24.3 Å². The number of non-ortho nitro benzene ring substituents is 1. The van der Waals surface area contributed by atoms with Gasteiger partial charge < -0.3 is 4.90 Å². The highest BCUT2D eigenvalue weighted by Crippen LogP contribution is 2.28. The molecule has 1 saturated heterocycles. The second-order valence-electron chi connectivity index (χ2n) is 7.81. The monoisotopic (exact) mass is 477 g/mol. The van der Waals surface area contributed by atoms with E-state index < -0.39 is 28.7 Å². The van der Waals surface area contributed by atoms with Crippen LogP contribution in [0.3, 0.4) is 0 Å². The van der Waals surface area contributed by atoms with E-state index in [1.165, 1.54) is 29.2 Å². The van der Waals surface area contributed by atoms with Gasteiger partial charge in [-0.3, -0.25) is 24.5 Å². The standard InChI is InChI=1S/C25H20ClN3O5/c26-19-9-11-20(12-10-19)28-23(30)16-22(25(28)32)27(14-13-17-5-2-1-3-6-17)24(31)18-7-4-8-21(15-18)29(33)34/h1-12,15,22H,13-14,16H2. The number of amides is 3. The molecule has 0 saturated carbocycles. The first-order valence-electron chi connectivity index (χ1n) is 10.6. The van der Waals surface area contributed by atoms with Gasteiger partial charge in [0, 0.05) is 29.3 Å². The van der Waals surface area contributed by atoms with Crippen molar-refractivity contribution in [2.75, 3.05) is 11.4 Å². The van der Waals surface area contributed by atoms with Crippen LogP contribution in [-0.4, -0.2) is 40.1 Å². The molecule has 4 rings (SSSR count). The summed E-state index contributed by atoms with van der Waals surface area (Å²) in [5.74, 6) is -1.52. The highest BCUT2D eigenvalue weighted by molar-refractivity contribution is 6.31. The molecule has 3 amide bonds. The lowest BCUT2D eigenvalue weighted by Gasteiger charge is -2.28.